The maximum Gasteiger partial charge on any atom is 0.223 e. The molecule has 1 aromatic heterocycles. The van der Waals surface area contributed by atoms with Gasteiger partial charge in [-0.3, -0.25) is 4.79 Å². The highest BCUT2D eigenvalue weighted by Crippen LogP contribution is 2.17. The maximum atomic E-state index is 10.6. The number of nitrogens with one attached hydrogen (secondary N) is 1. The lowest BCUT2D eigenvalue weighted by atomic mass is 10.0. The second kappa shape index (κ2) is 11.9. The quantitative estimate of drug-likeness (QED) is 0.696. The van der Waals surface area contributed by atoms with Gasteiger partial charge in [-0.25, -0.2) is 4.98 Å². The number of aryl methyl sites for hydroxylation is 1. The van der Waals surface area contributed by atoms with Gasteiger partial charge in [0.2, 0.25) is 5.91 Å². The highest BCUT2D eigenvalue weighted by atomic mass is 32.1. The van der Waals surface area contributed by atoms with Crippen LogP contribution in [0.15, 0.2) is 6.20 Å². The Balaban J connectivity index is 0.000000370. The Morgan fingerprint density at radius 3 is 2.50 bits per heavy atom. The van der Waals surface area contributed by atoms with Crippen LogP contribution in [0, 0.1) is 5.92 Å². The third kappa shape index (κ3) is 9.96. The van der Waals surface area contributed by atoms with Crippen molar-refractivity contribution in [1.82, 2.24) is 4.98 Å². The minimum Gasteiger partial charge on any atom is -0.302 e. The molecule has 0 fully saturated rings. The Kier molecular flexibility index (Phi) is 11.4. The number of hydrogen-bond donors (Lipinski definition) is 1. The summed E-state index contributed by atoms with van der Waals surface area (Å²) >= 11 is 1.52. The zero-order valence-corrected chi connectivity index (χ0v) is 14.5. The smallest absolute Gasteiger partial charge is 0.223 e. The number of thiazole rings is 1. The van der Waals surface area contributed by atoms with Crippen molar-refractivity contribution in [2.24, 2.45) is 5.92 Å². The number of aromatic nitrogens is 1. The van der Waals surface area contributed by atoms with Gasteiger partial charge in [0.15, 0.2) is 5.13 Å². The van der Waals surface area contributed by atoms with Crippen LogP contribution in [0.3, 0.4) is 0 Å². The summed E-state index contributed by atoms with van der Waals surface area (Å²) in [6.45, 7) is 10.4. The Hall–Kier alpha value is -0.900. The van der Waals surface area contributed by atoms with Crippen LogP contribution in [-0.2, 0) is 11.2 Å². The van der Waals surface area contributed by atoms with Gasteiger partial charge in [-0.15, -0.1) is 11.3 Å². The van der Waals surface area contributed by atoms with Crippen LogP contribution in [-0.4, -0.2) is 10.9 Å². The normalized spacial score (nSPS) is 11.4. The standard InChI is InChI=1S/C9H20.C7H10N2OS/c1-4-6-7-8-9(3)5-2;1-3-6-4-8-7(11-6)9-5(2)10/h9H,4-8H2,1-3H3;4H,3H2,1-2H3,(H,8,9,10). The molecule has 4 heteroatoms. The molecule has 0 spiro atoms. The molecule has 0 saturated heterocycles. The van der Waals surface area contributed by atoms with Crippen LogP contribution >= 0.6 is 11.3 Å². The van der Waals surface area contributed by atoms with Gasteiger partial charge in [0.05, 0.1) is 0 Å². The van der Waals surface area contributed by atoms with Gasteiger partial charge in [-0.1, -0.05) is 59.8 Å². The first-order chi connectivity index (χ1) is 9.53. The fourth-order valence-corrected chi connectivity index (χ4v) is 2.42. The van der Waals surface area contributed by atoms with Crippen LogP contribution < -0.4 is 5.32 Å². The number of rotatable bonds is 7. The minimum atomic E-state index is -0.0676. The van der Waals surface area contributed by atoms with Crippen LogP contribution in [0.2, 0.25) is 0 Å². The summed E-state index contributed by atoms with van der Waals surface area (Å²) in [5.41, 5.74) is 0. The molecule has 0 aliphatic carbocycles. The molecule has 1 rings (SSSR count). The molecule has 116 valence electrons. The first-order valence-electron chi connectivity index (χ1n) is 7.75. The van der Waals surface area contributed by atoms with Crippen molar-refractivity contribution in [3.63, 3.8) is 0 Å². The lowest BCUT2D eigenvalue weighted by Crippen LogP contribution is -2.04. The second-order valence-corrected chi connectivity index (χ2v) is 6.29. The molecule has 1 unspecified atom stereocenters. The molecule has 0 aliphatic heterocycles. The van der Waals surface area contributed by atoms with Crippen molar-refractivity contribution in [1.29, 1.82) is 0 Å². The van der Waals surface area contributed by atoms with Gasteiger partial charge >= 0.3 is 0 Å². The number of hydrogen-bond acceptors (Lipinski definition) is 3. The minimum absolute atomic E-state index is 0.0676. The molecule has 1 atom stereocenters. The fraction of sp³-hybridized carbons (Fsp3) is 0.750. The Morgan fingerprint density at radius 2 is 2.05 bits per heavy atom. The van der Waals surface area contributed by atoms with Crippen molar-refractivity contribution in [2.45, 2.75) is 73.1 Å². The highest BCUT2D eigenvalue weighted by molar-refractivity contribution is 7.15. The number of anilines is 1. The summed E-state index contributed by atoms with van der Waals surface area (Å²) in [5, 5.41) is 3.32. The molecule has 0 aliphatic rings. The molecule has 1 heterocycles. The average Bonchev–Trinajstić information content (AvgIpc) is 2.86. The van der Waals surface area contributed by atoms with E-state index < -0.39 is 0 Å². The molecule has 0 saturated carbocycles. The van der Waals surface area contributed by atoms with E-state index in [1.54, 1.807) is 6.20 Å². The zero-order chi connectivity index (χ0) is 15.4. The van der Waals surface area contributed by atoms with E-state index in [4.69, 9.17) is 0 Å². The van der Waals surface area contributed by atoms with Crippen molar-refractivity contribution in [2.75, 3.05) is 5.32 Å². The fourth-order valence-electron chi connectivity index (χ4n) is 1.63. The molecular formula is C16H30N2OS. The first-order valence-corrected chi connectivity index (χ1v) is 8.57. The summed E-state index contributed by atoms with van der Waals surface area (Å²) in [6.07, 6.45) is 9.76. The van der Waals surface area contributed by atoms with E-state index in [0.29, 0.717) is 5.13 Å². The topological polar surface area (TPSA) is 42.0 Å². The number of amides is 1. The van der Waals surface area contributed by atoms with E-state index in [2.05, 4.69) is 38.0 Å². The van der Waals surface area contributed by atoms with Gasteiger partial charge in [-0.05, 0) is 12.3 Å². The highest BCUT2D eigenvalue weighted by Gasteiger charge is 2.00. The lowest BCUT2D eigenvalue weighted by Gasteiger charge is -2.05. The number of carbonyl (C=O) groups excluding carboxylic acids is 1. The number of nitrogens with zero attached hydrogens (tertiary/aromatic N) is 1. The summed E-state index contributed by atoms with van der Waals surface area (Å²) in [6, 6.07) is 0. The zero-order valence-electron chi connectivity index (χ0n) is 13.7. The Bertz CT molecular complexity index is 363. The molecule has 20 heavy (non-hydrogen) atoms. The van der Waals surface area contributed by atoms with E-state index in [1.807, 2.05) is 0 Å². The van der Waals surface area contributed by atoms with E-state index >= 15 is 0 Å². The van der Waals surface area contributed by atoms with Gasteiger partial charge in [0.1, 0.15) is 0 Å². The predicted octanol–water partition coefficient (Wildman–Crippen LogP) is 5.28. The van der Waals surface area contributed by atoms with E-state index in [1.165, 1.54) is 55.2 Å². The van der Waals surface area contributed by atoms with E-state index in [0.717, 1.165) is 12.3 Å². The molecular weight excluding hydrogens is 268 g/mol. The van der Waals surface area contributed by atoms with Crippen LogP contribution in [0.5, 0.6) is 0 Å². The van der Waals surface area contributed by atoms with Crippen LogP contribution in [0.25, 0.3) is 0 Å². The lowest BCUT2D eigenvalue weighted by molar-refractivity contribution is -0.114. The van der Waals surface area contributed by atoms with E-state index in [9.17, 15) is 4.79 Å². The monoisotopic (exact) mass is 298 g/mol. The van der Waals surface area contributed by atoms with Crippen molar-refractivity contribution < 1.29 is 4.79 Å². The Labute approximate surface area is 128 Å². The van der Waals surface area contributed by atoms with Gasteiger partial charge in [-0.2, -0.15) is 0 Å². The number of unbranched alkanes of at least 4 members (excludes halogenated alkanes) is 2. The molecule has 1 amide bonds. The summed E-state index contributed by atoms with van der Waals surface area (Å²) in [4.78, 5) is 15.8. The second-order valence-electron chi connectivity index (χ2n) is 5.18. The third-order valence-corrected chi connectivity index (χ3v) is 4.24. The van der Waals surface area contributed by atoms with Crippen LogP contribution in [0.1, 0.15) is 71.6 Å². The average molecular weight is 298 g/mol. The molecule has 1 N–H and O–H groups in total. The van der Waals surface area contributed by atoms with Crippen LogP contribution in [0.4, 0.5) is 5.13 Å². The van der Waals surface area contributed by atoms with Gasteiger partial charge in [0.25, 0.3) is 0 Å². The van der Waals surface area contributed by atoms with E-state index in [-0.39, 0.29) is 5.91 Å². The van der Waals surface area contributed by atoms with Crippen molar-refractivity contribution in [3.05, 3.63) is 11.1 Å². The predicted molar refractivity (Wildman–Crippen MR) is 89.4 cm³/mol. The summed E-state index contributed by atoms with van der Waals surface area (Å²) in [7, 11) is 0. The molecule has 0 bridgehead atoms. The largest absolute Gasteiger partial charge is 0.302 e. The molecule has 3 nitrogen and oxygen atoms in total. The SMILES string of the molecule is CCCCCC(C)CC.CCc1cnc(NC(C)=O)s1. The molecule has 0 aromatic carbocycles. The third-order valence-electron chi connectivity index (χ3n) is 3.18. The summed E-state index contributed by atoms with van der Waals surface area (Å²) < 4.78 is 0. The van der Waals surface area contributed by atoms with Gasteiger partial charge < -0.3 is 5.32 Å². The summed E-state index contributed by atoms with van der Waals surface area (Å²) in [5.74, 6) is 0.888. The number of carbonyl (C=O) groups is 1. The Morgan fingerprint density at radius 1 is 1.35 bits per heavy atom. The first kappa shape index (κ1) is 19.1. The van der Waals surface area contributed by atoms with Crippen molar-refractivity contribution in [3.8, 4) is 0 Å². The molecule has 0 radical (unpaired) electrons. The van der Waals surface area contributed by atoms with Gasteiger partial charge in [0, 0.05) is 18.0 Å². The maximum absolute atomic E-state index is 10.6. The van der Waals surface area contributed by atoms with Crippen molar-refractivity contribution >= 4 is 22.4 Å². The molecule has 1 aromatic rings.